The first-order valence-corrected chi connectivity index (χ1v) is 12.2. The molecule has 2 aliphatic rings. The number of ether oxygens (including phenoxy) is 1. The summed E-state index contributed by atoms with van der Waals surface area (Å²) in [6.45, 7) is 5.31. The number of pyridine rings is 1. The SMILES string of the molecule is Cc1nc2ccccc2n1[C@H]1C[C@H]2CN(Cc3nccs3)C[C@H]2C[C@@H]1Oc1ccccn1. The molecule has 4 heterocycles. The molecule has 1 aliphatic carbocycles. The van der Waals surface area contributed by atoms with E-state index in [1.165, 1.54) is 10.5 Å². The van der Waals surface area contributed by atoms with Gasteiger partial charge in [-0.3, -0.25) is 4.90 Å². The Morgan fingerprint density at radius 2 is 1.84 bits per heavy atom. The number of para-hydroxylation sites is 2. The fourth-order valence-corrected chi connectivity index (χ4v) is 6.35. The molecule has 0 N–H and O–H groups in total. The van der Waals surface area contributed by atoms with Crippen LogP contribution in [-0.4, -0.2) is 43.6 Å². The molecular weight excluding hydrogens is 418 g/mol. The molecule has 4 atom stereocenters. The van der Waals surface area contributed by atoms with Crippen molar-refractivity contribution < 1.29 is 4.74 Å². The van der Waals surface area contributed by atoms with E-state index < -0.39 is 0 Å². The number of thiazole rings is 1. The molecule has 6 rings (SSSR count). The van der Waals surface area contributed by atoms with Gasteiger partial charge in [-0.1, -0.05) is 18.2 Å². The Morgan fingerprint density at radius 3 is 2.66 bits per heavy atom. The van der Waals surface area contributed by atoms with Crippen LogP contribution in [0, 0.1) is 18.8 Å². The quantitative estimate of drug-likeness (QED) is 0.445. The van der Waals surface area contributed by atoms with Crippen molar-refractivity contribution in [3.8, 4) is 5.88 Å². The van der Waals surface area contributed by atoms with Gasteiger partial charge >= 0.3 is 0 Å². The Hall–Kier alpha value is -2.77. The lowest BCUT2D eigenvalue weighted by Gasteiger charge is -2.39. The van der Waals surface area contributed by atoms with Crippen LogP contribution in [0.25, 0.3) is 11.0 Å². The van der Waals surface area contributed by atoms with Crippen molar-refractivity contribution in [1.82, 2.24) is 24.4 Å². The molecule has 164 valence electrons. The zero-order valence-corrected chi connectivity index (χ0v) is 19.0. The van der Waals surface area contributed by atoms with Gasteiger partial charge in [0.1, 0.15) is 16.9 Å². The van der Waals surface area contributed by atoms with Crippen molar-refractivity contribution in [3.05, 3.63) is 71.1 Å². The third kappa shape index (κ3) is 3.69. The summed E-state index contributed by atoms with van der Waals surface area (Å²) >= 11 is 1.75. The van der Waals surface area contributed by atoms with Crippen LogP contribution in [0.3, 0.4) is 0 Å². The summed E-state index contributed by atoms with van der Waals surface area (Å²) in [5.74, 6) is 3.06. The fraction of sp³-hybridized carbons (Fsp3) is 0.400. The predicted molar refractivity (Wildman–Crippen MR) is 126 cm³/mol. The average molecular weight is 446 g/mol. The van der Waals surface area contributed by atoms with Crippen LogP contribution in [0.15, 0.2) is 60.2 Å². The van der Waals surface area contributed by atoms with Gasteiger partial charge in [-0.15, -0.1) is 11.3 Å². The summed E-state index contributed by atoms with van der Waals surface area (Å²) in [4.78, 5) is 16.4. The van der Waals surface area contributed by atoms with E-state index in [-0.39, 0.29) is 12.1 Å². The summed E-state index contributed by atoms with van der Waals surface area (Å²) in [6, 6.07) is 14.6. The number of fused-ring (bicyclic) bond motifs is 2. The largest absolute Gasteiger partial charge is 0.472 e. The zero-order valence-electron chi connectivity index (χ0n) is 18.2. The van der Waals surface area contributed by atoms with Crippen LogP contribution in [0.5, 0.6) is 5.88 Å². The molecule has 0 unspecified atom stereocenters. The first-order valence-electron chi connectivity index (χ1n) is 11.4. The molecule has 1 saturated heterocycles. The van der Waals surface area contributed by atoms with E-state index in [1.54, 1.807) is 17.5 Å². The second-order valence-electron chi connectivity index (χ2n) is 9.02. The zero-order chi connectivity index (χ0) is 21.5. The predicted octanol–water partition coefficient (Wildman–Crippen LogP) is 4.73. The van der Waals surface area contributed by atoms with Gasteiger partial charge in [0.2, 0.25) is 5.88 Å². The molecule has 32 heavy (non-hydrogen) atoms. The topological polar surface area (TPSA) is 56.1 Å². The highest BCUT2D eigenvalue weighted by Crippen LogP contribution is 2.44. The highest BCUT2D eigenvalue weighted by atomic mass is 32.1. The number of nitrogens with zero attached hydrogens (tertiary/aromatic N) is 5. The van der Waals surface area contributed by atoms with Gasteiger partial charge in [0.25, 0.3) is 0 Å². The Balaban J connectivity index is 1.32. The Bertz CT molecular complexity index is 1190. The lowest BCUT2D eigenvalue weighted by molar-refractivity contribution is 0.0522. The number of imidazole rings is 1. The van der Waals surface area contributed by atoms with Gasteiger partial charge in [0, 0.05) is 36.9 Å². The maximum atomic E-state index is 6.56. The number of benzene rings is 1. The molecule has 6 nitrogen and oxygen atoms in total. The van der Waals surface area contributed by atoms with Gasteiger partial charge in [0.15, 0.2) is 0 Å². The minimum absolute atomic E-state index is 0.0715. The Kier molecular flexibility index (Phi) is 5.15. The van der Waals surface area contributed by atoms with Crippen molar-refractivity contribution in [2.24, 2.45) is 11.8 Å². The van der Waals surface area contributed by atoms with Gasteiger partial charge in [-0.05, 0) is 49.8 Å². The number of aromatic nitrogens is 4. The number of hydrogen-bond donors (Lipinski definition) is 0. The molecule has 0 amide bonds. The van der Waals surface area contributed by atoms with Crippen molar-refractivity contribution in [3.63, 3.8) is 0 Å². The molecule has 2 fully saturated rings. The summed E-state index contributed by atoms with van der Waals surface area (Å²) in [5, 5.41) is 3.27. The summed E-state index contributed by atoms with van der Waals surface area (Å²) in [5.41, 5.74) is 2.25. The van der Waals surface area contributed by atoms with Crippen LogP contribution >= 0.6 is 11.3 Å². The number of likely N-dealkylation sites (tertiary alicyclic amines) is 1. The summed E-state index contributed by atoms with van der Waals surface area (Å²) < 4.78 is 8.98. The third-order valence-corrected chi connectivity index (χ3v) is 7.78. The minimum atomic E-state index is 0.0715. The smallest absolute Gasteiger partial charge is 0.213 e. The average Bonchev–Trinajstić information content (AvgIpc) is 3.52. The molecule has 7 heteroatoms. The molecule has 0 radical (unpaired) electrons. The first kappa shape index (κ1) is 19.9. The second kappa shape index (κ2) is 8.30. The van der Waals surface area contributed by atoms with E-state index in [0.29, 0.717) is 17.7 Å². The molecule has 1 saturated carbocycles. The molecule has 1 aliphatic heterocycles. The standard InChI is InChI=1S/C25H27N5OS/c1-17-28-20-6-2-3-7-21(20)30(17)22-12-18-14-29(16-25-27-10-11-32-25)15-19(18)13-23(22)31-24-8-4-5-9-26-24/h2-11,18-19,22-23H,12-16H2,1H3/t18-,19+,22-,23-/m0/s1. The summed E-state index contributed by atoms with van der Waals surface area (Å²) in [7, 11) is 0. The third-order valence-electron chi connectivity index (χ3n) is 7.02. The van der Waals surface area contributed by atoms with E-state index in [2.05, 4.69) is 56.0 Å². The van der Waals surface area contributed by atoms with E-state index in [4.69, 9.17) is 9.72 Å². The van der Waals surface area contributed by atoms with Gasteiger partial charge in [-0.2, -0.15) is 0 Å². The van der Waals surface area contributed by atoms with Crippen LogP contribution in [-0.2, 0) is 6.54 Å². The summed E-state index contributed by atoms with van der Waals surface area (Å²) in [6.07, 6.45) is 5.91. The Morgan fingerprint density at radius 1 is 1.00 bits per heavy atom. The second-order valence-corrected chi connectivity index (χ2v) is 10.00. The molecule has 0 bridgehead atoms. The molecule has 1 aromatic carbocycles. The monoisotopic (exact) mass is 445 g/mol. The Labute approximate surface area is 191 Å². The molecule has 0 spiro atoms. The highest BCUT2D eigenvalue weighted by Gasteiger charge is 2.44. The van der Waals surface area contributed by atoms with Crippen molar-refractivity contribution in [2.75, 3.05) is 13.1 Å². The van der Waals surface area contributed by atoms with Gasteiger partial charge in [-0.25, -0.2) is 15.0 Å². The molecule has 4 aromatic rings. The van der Waals surface area contributed by atoms with Crippen molar-refractivity contribution in [2.45, 2.75) is 38.5 Å². The first-order chi connectivity index (χ1) is 15.7. The van der Waals surface area contributed by atoms with Crippen molar-refractivity contribution in [1.29, 1.82) is 0 Å². The number of aryl methyl sites for hydroxylation is 1. The highest BCUT2D eigenvalue weighted by molar-refractivity contribution is 7.09. The van der Waals surface area contributed by atoms with Crippen molar-refractivity contribution >= 4 is 22.4 Å². The minimum Gasteiger partial charge on any atom is -0.472 e. The lowest BCUT2D eigenvalue weighted by atomic mass is 9.77. The van der Waals surface area contributed by atoms with Gasteiger partial charge < -0.3 is 9.30 Å². The normalized spacial score (nSPS) is 25.8. The molecule has 3 aromatic heterocycles. The van der Waals surface area contributed by atoms with E-state index in [1.807, 2.05) is 24.4 Å². The number of hydrogen-bond acceptors (Lipinski definition) is 6. The van der Waals surface area contributed by atoms with Crippen LogP contribution < -0.4 is 4.74 Å². The van der Waals surface area contributed by atoms with E-state index >= 15 is 0 Å². The maximum Gasteiger partial charge on any atom is 0.213 e. The maximum absolute atomic E-state index is 6.56. The van der Waals surface area contributed by atoms with Crippen LogP contribution in [0.1, 0.15) is 29.7 Å². The van der Waals surface area contributed by atoms with E-state index in [9.17, 15) is 0 Å². The van der Waals surface area contributed by atoms with Gasteiger partial charge in [0.05, 0.1) is 23.6 Å². The van der Waals surface area contributed by atoms with Crippen LogP contribution in [0.4, 0.5) is 0 Å². The number of rotatable bonds is 5. The van der Waals surface area contributed by atoms with Crippen LogP contribution in [0.2, 0.25) is 0 Å². The van der Waals surface area contributed by atoms with E-state index in [0.717, 1.165) is 43.8 Å². The lowest BCUT2D eigenvalue weighted by Crippen LogP contribution is -2.40. The molecular formula is C25H27N5OS. The fourth-order valence-electron chi connectivity index (χ4n) is 5.69.